The molecule has 0 radical (unpaired) electrons. The second-order valence-corrected chi connectivity index (χ2v) is 5.33. The molecule has 1 amide bonds. The molecule has 0 bridgehead atoms. The van der Waals surface area contributed by atoms with Crippen LogP contribution in [0.5, 0.6) is 0 Å². The maximum absolute atomic E-state index is 11.7. The molecule has 0 rings (SSSR count). The first-order valence-corrected chi connectivity index (χ1v) is 7.40. The maximum Gasteiger partial charge on any atom is 0.328 e. The summed E-state index contributed by atoms with van der Waals surface area (Å²) in [6.07, 6.45) is 7.39. The van der Waals surface area contributed by atoms with Crippen molar-refractivity contribution < 1.29 is 14.3 Å². The highest BCUT2D eigenvalue weighted by atomic mass is 16.5. The van der Waals surface area contributed by atoms with Crippen molar-refractivity contribution >= 4 is 11.9 Å². The number of rotatable bonds is 10. The quantitative estimate of drug-likeness (QED) is 0.491. The van der Waals surface area contributed by atoms with E-state index < -0.39 is 6.04 Å². The number of carbonyl (C=O) groups excluding carboxylic acids is 2. The zero-order valence-corrected chi connectivity index (χ0v) is 12.8. The van der Waals surface area contributed by atoms with Gasteiger partial charge in [0, 0.05) is 6.42 Å². The molecule has 0 saturated carbocycles. The predicted octanol–water partition coefficient (Wildman–Crippen LogP) is 3.05. The molecule has 0 aromatic carbocycles. The Morgan fingerprint density at radius 3 is 2.16 bits per heavy atom. The SMILES string of the molecule is CCCCCCCCC(=O)NC(C(=O)OC)C(C)C. The van der Waals surface area contributed by atoms with Gasteiger partial charge in [-0.2, -0.15) is 0 Å². The molecule has 0 aromatic rings. The molecule has 4 heteroatoms. The number of amides is 1. The Kier molecular flexibility index (Phi) is 10.2. The smallest absolute Gasteiger partial charge is 0.328 e. The average Bonchev–Trinajstić information content (AvgIpc) is 2.38. The molecule has 1 N–H and O–H groups in total. The van der Waals surface area contributed by atoms with Gasteiger partial charge in [-0.05, 0) is 12.3 Å². The van der Waals surface area contributed by atoms with Crippen LogP contribution in [0.1, 0.15) is 65.7 Å². The monoisotopic (exact) mass is 271 g/mol. The van der Waals surface area contributed by atoms with E-state index in [0.717, 1.165) is 12.8 Å². The number of nitrogens with one attached hydrogen (secondary N) is 1. The molecule has 0 aliphatic heterocycles. The van der Waals surface area contributed by atoms with Crippen molar-refractivity contribution in [1.82, 2.24) is 5.32 Å². The van der Waals surface area contributed by atoms with Crippen LogP contribution in [0.25, 0.3) is 0 Å². The Balaban J connectivity index is 3.85. The number of ether oxygens (including phenoxy) is 1. The van der Waals surface area contributed by atoms with Crippen LogP contribution in [0.2, 0.25) is 0 Å². The largest absolute Gasteiger partial charge is 0.467 e. The summed E-state index contributed by atoms with van der Waals surface area (Å²) in [5.74, 6) is -0.383. The zero-order valence-electron chi connectivity index (χ0n) is 12.8. The van der Waals surface area contributed by atoms with Crippen molar-refractivity contribution in [2.75, 3.05) is 7.11 Å². The van der Waals surface area contributed by atoms with Crippen molar-refractivity contribution in [2.45, 2.75) is 71.8 Å². The molecule has 1 unspecified atom stereocenters. The van der Waals surface area contributed by atoms with E-state index in [-0.39, 0.29) is 17.8 Å². The van der Waals surface area contributed by atoms with Gasteiger partial charge in [0.1, 0.15) is 6.04 Å². The van der Waals surface area contributed by atoms with Crippen LogP contribution in [-0.2, 0) is 14.3 Å². The van der Waals surface area contributed by atoms with Crippen LogP contribution >= 0.6 is 0 Å². The summed E-state index contributed by atoms with van der Waals surface area (Å²) >= 11 is 0. The van der Waals surface area contributed by atoms with Crippen LogP contribution < -0.4 is 5.32 Å². The Bertz CT molecular complexity index is 264. The maximum atomic E-state index is 11.7. The van der Waals surface area contributed by atoms with E-state index in [1.165, 1.54) is 32.8 Å². The Morgan fingerprint density at radius 2 is 1.63 bits per heavy atom. The van der Waals surface area contributed by atoms with Gasteiger partial charge in [0.15, 0.2) is 0 Å². The number of esters is 1. The molecule has 4 nitrogen and oxygen atoms in total. The minimum atomic E-state index is -0.530. The van der Waals surface area contributed by atoms with E-state index in [0.29, 0.717) is 6.42 Å². The van der Waals surface area contributed by atoms with Gasteiger partial charge < -0.3 is 10.1 Å². The van der Waals surface area contributed by atoms with E-state index in [2.05, 4.69) is 12.2 Å². The van der Waals surface area contributed by atoms with Gasteiger partial charge in [-0.15, -0.1) is 0 Å². The van der Waals surface area contributed by atoms with Gasteiger partial charge in [-0.3, -0.25) is 4.79 Å². The molecule has 0 fully saturated rings. The van der Waals surface area contributed by atoms with Crippen LogP contribution in [0.15, 0.2) is 0 Å². The lowest BCUT2D eigenvalue weighted by Gasteiger charge is -2.19. The van der Waals surface area contributed by atoms with E-state index in [1.54, 1.807) is 0 Å². The predicted molar refractivity (Wildman–Crippen MR) is 76.8 cm³/mol. The van der Waals surface area contributed by atoms with Gasteiger partial charge >= 0.3 is 5.97 Å². The Hall–Kier alpha value is -1.06. The van der Waals surface area contributed by atoms with Gasteiger partial charge in [0.2, 0.25) is 5.91 Å². The van der Waals surface area contributed by atoms with E-state index >= 15 is 0 Å². The molecule has 0 heterocycles. The van der Waals surface area contributed by atoms with Crippen LogP contribution in [0, 0.1) is 5.92 Å². The highest BCUT2D eigenvalue weighted by Crippen LogP contribution is 2.08. The van der Waals surface area contributed by atoms with E-state index in [4.69, 9.17) is 4.74 Å². The summed E-state index contributed by atoms with van der Waals surface area (Å²) in [6.45, 7) is 5.98. The van der Waals surface area contributed by atoms with Gasteiger partial charge in [-0.1, -0.05) is 52.9 Å². The molecule has 0 saturated heterocycles. The topological polar surface area (TPSA) is 55.4 Å². The second kappa shape index (κ2) is 10.8. The van der Waals surface area contributed by atoms with Crippen molar-refractivity contribution in [1.29, 1.82) is 0 Å². The average molecular weight is 271 g/mol. The van der Waals surface area contributed by atoms with Crippen LogP contribution in [-0.4, -0.2) is 25.0 Å². The first-order chi connectivity index (χ1) is 9.02. The summed E-state index contributed by atoms with van der Waals surface area (Å²) < 4.78 is 4.69. The summed E-state index contributed by atoms with van der Waals surface area (Å²) in [4.78, 5) is 23.2. The Morgan fingerprint density at radius 1 is 1.05 bits per heavy atom. The molecule has 0 aromatic heterocycles. The third-order valence-electron chi connectivity index (χ3n) is 3.20. The third-order valence-corrected chi connectivity index (χ3v) is 3.20. The van der Waals surface area contributed by atoms with Crippen molar-refractivity contribution in [3.05, 3.63) is 0 Å². The fourth-order valence-electron chi connectivity index (χ4n) is 1.94. The number of methoxy groups -OCH3 is 1. The molecular formula is C15H29NO3. The first-order valence-electron chi connectivity index (χ1n) is 7.40. The molecule has 0 aliphatic carbocycles. The van der Waals surface area contributed by atoms with E-state index in [9.17, 15) is 9.59 Å². The molecule has 0 spiro atoms. The molecule has 0 aliphatic rings. The molecule has 1 atom stereocenters. The number of hydrogen-bond acceptors (Lipinski definition) is 3. The lowest BCUT2D eigenvalue weighted by molar-refractivity contribution is -0.146. The molecule has 112 valence electrons. The highest BCUT2D eigenvalue weighted by molar-refractivity contribution is 5.84. The van der Waals surface area contributed by atoms with Gasteiger partial charge in [0.25, 0.3) is 0 Å². The lowest BCUT2D eigenvalue weighted by atomic mass is 10.0. The Labute approximate surface area is 117 Å². The standard InChI is InChI=1S/C15H29NO3/c1-5-6-7-8-9-10-11-13(17)16-14(12(2)3)15(18)19-4/h12,14H,5-11H2,1-4H3,(H,16,17). The van der Waals surface area contributed by atoms with E-state index in [1.807, 2.05) is 13.8 Å². The van der Waals surface area contributed by atoms with Crippen LogP contribution in [0.4, 0.5) is 0 Å². The zero-order chi connectivity index (χ0) is 14.7. The van der Waals surface area contributed by atoms with Crippen molar-refractivity contribution in [2.24, 2.45) is 5.92 Å². The lowest BCUT2D eigenvalue weighted by Crippen LogP contribution is -2.44. The van der Waals surface area contributed by atoms with Gasteiger partial charge in [0.05, 0.1) is 7.11 Å². The summed E-state index contributed by atoms with van der Waals surface area (Å²) in [7, 11) is 1.34. The summed E-state index contributed by atoms with van der Waals surface area (Å²) in [6, 6.07) is -0.530. The fraction of sp³-hybridized carbons (Fsp3) is 0.867. The summed E-state index contributed by atoms with van der Waals surface area (Å²) in [5, 5.41) is 2.76. The van der Waals surface area contributed by atoms with Crippen molar-refractivity contribution in [3.63, 3.8) is 0 Å². The minimum Gasteiger partial charge on any atom is -0.467 e. The van der Waals surface area contributed by atoms with Crippen LogP contribution in [0.3, 0.4) is 0 Å². The normalized spacial score (nSPS) is 12.3. The second-order valence-electron chi connectivity index (χ2n) is 5.33. The van der Waals surface area contributed by atoms with Gasteiger partial charge in [-0.25, -0.2) is 4.79 Å². The summed E-state index contributed by atoms with van der Waals surface area (Å²) in [5.41, 5.74) is 0. The first kappa shape index (κ1) is 17.9. The number of hydrogen-bond donors (Lipinski definition) is 1. The fourth-order valence-corrected chi connectivity index (χ4v) is 1.94. The van der Waals surface area contributed by atoms with Crippen molar-refractivity contribution in [3.8, 4) is 0 Å². The highest BCUT2D eigenvalue weighted by Gasteiger charge is 2.24. The number of carbonyl (C=O) groups is 2. The minimum absolute atomic E-state index is 0.0426. The third kappa shape index (κ3) is 8.62. The molecule has 19 heavy (non-hydrogen) atoms. The number of unbranched alkanes of at least 4 members (excludes halogenated alkanes) is 5. The molecular weight excluding hydrogens is 242 g/mol.